The minimum absolute atomic E-state index is 0. The van der Waals surface area contributed by atoms with E-state index in [2.05, 4.69) is 4.74 Å². The van der Waals surface area contributed by atoms with Gasteiger partial charge in [-0.25, -0.2) is 8.42 Å². The second-order valence-corrected chi connectivity index (χ2v) is 4.12. The van der Waals surface area contributed by atoms with Crippen molar-refractivity contribution in [3.8, 4) is 5.75 Å². The minimum Gasteiger partial charge on any atom is -0.744 e. The number of anilines is 1. The Labute approximate surface area is 139 Å². The molecule has 0 fully saturated rings. The summed E-state index contributed by atoms with van der Waals surface area (Å²) in [6.45, 7) is 0. The third-order valence-corrected chi connectivity index (χ3v) is 2.64. The molecule has 0 saturated carbocycles. The van der Waals surface area contributed by atoms with Gasteiger partial charge in [-0.05, 0) is 6.07 Å². The first kappa shape index (κ1) is 16.8. The average Bonchev–Trinajstić information content (AvgIpc) is 2.15. The zero-order valence-corrected chi connectivity index (χ0v) is 13.0. The summed E-state index contributed by atoms with van der Waals surface area (Å²) in [5.74, 6) is -0.0703. The van der Waals surface area contributed by atoms with Crippen LogP contribution in [0.15, 0.2) is 17.0 Å². The summed E-state index contributed by atoms with van der Waals surface area (Å²) in [7, 11) is -3.74. The Balaban J connectivity index is 0.00000256. The van der Waals surface area contributed by atoms with Crippen LogP contribution in [0.4, 0.5) is 11.4 Å². The predicted octanol–water partition coefficient (Wildman–Crippen LogP) is -2.91. The molecule has 88 valence electrons. The number of nitrogen functional groups attached to an aromatic ring is 1. The number of nitrogens with zero attached hydrogens (tertiary/aromatic N) is 1. The zero-order valence-electron chi connectivity index (χ0n) is 9.04. The van der Waals surface area contributed by atoms with E-state index in [1.807, 2.05) is 0 Å². The molecule has 0 bridgehead atoms. The van der Waals surface area contributed by atoms with Gasteiger partial charge < -0.3 is 15.0 Å². The molecule has 8 nitrogen and oxygen atoms in total. The first-order valence-electron chi connectivity index (χ1n) is 3.85. The number of nitro benzene ring substituents is 1. The number of nitrogens with two attached hydrogens (primary N) is 1. The molecule has 0 aliphatic rings. The van der Waals surface area contributed by atoms with Crippen molar-refractivity contribution >= 4 is 21.5 Å². The van der Waals surface area contributed by atoms with E-state index < -0.39 is 25.6 Å². The first-order chi connectivity index (χ1) is 7.27. The molecule has 17 heavy (non-hydrogen) atoms. The SMILES string of the molecule is COc1cc([N+](=O)[O-])c(S(=O)(=O)[O-])cc1N.[K+]. The van der Waals surface area contributed by atoms with Gasteiger partial charge in [0.25, 0.3) is 5.69 Å². The maximum absolute atomic E-state index is 10.8. The van der Waals surface area contributed by atoms with Gasteiger partial charge in [0.05, 0.1) is 23.8 Å². The first-order valence-corrected chi connectivity index (χ1v) is 5.26. The Morgan fingerprint density at radius 2 is 1.94 bits per heavy atom. The average molecular weight is 286 g/mol. The van der Waals surface area contributed by atoms with Gasteiger partial charge in [-0.15, -0.1) is 0 Å². The summed E-state index contributed by atoms with van der Waals surface area (Å²) in [6, 6.07) is 1.50. The Kier molecular flexibility index (Phi) is 6.00. The van der Waals surface area contributed by atoms with Crippen molar-refractivity contribution in [2.24, 2.45) is 0 Å². The molecule has 0 spiro atoms. The molecule has 0 aromatic heterocycles. The molecule has 0 unspecified atom stereocenters. The van der Waals surface area contributed by atoms with Crippen LogP contribution < -0.4 is 61.9 Å². The van der Waals surface area contributed by atoms with E-state index in [-0.39, 0.29) is 62.8 Å². The second-order valence-electron chi connectivity index (χ2n) is 2.77. The summed E-state index contributed by atoms with van der Waals surface area (Å²) in [5, 5.41) is 10.6. The molecule has 0 radical (unpaired) electrons. The summed E-state index contributed by atoms with van der Waals surface area (Å²) in [5.41, 5.74) is 4.32. The molecule has 0 heterocycles. The minimum atomic E-state index is -4.95. The topological polar surface area (TPSA) is 136 Å². The van der Waals surface area contributed by atoms with Gasteiger partial charge in [0.15, 0.2) is 0 Å². The van der Waals surface area contributed by atoms with E-state index in [9.17, 15) is 23.1 Å². The number of ether oxygens (including phenoxy) is 1. The van der Waals surface area contributed by atoms with Gasteiger partial charge in [0.2, 0.25) is 0 Å². The molecule has 0 atom stereocenters. The van der Waals surface area contributed by atoms with E-state index >= 15 is 0 Å². The Morgan fingerprint density at radius 1 is 1.41 bits per heavy atom. The van der Waals surface area contributed by atoms with E-state index in [1.54, 1.807) is 0 Å². The predicted molar refractivity (Wildman–Crippen MR) is 52.0 cm³/mol. The smallest absolute Gasteiger partial charge is 0.744 e. The summed E-state index contributed by atoms with van der Waals surface area (Å²) >= 11 is 0. The third-order valence-electron chi connectivity index (χ3n) is 1.78. The van der Waals surface area contributed by atoms with Crippen molar-refractivity contribution in [3.63, 3.8) is 0 Å². The number of methoxy groups -OCH3 is 1. The Hall–Kier alpha value is -0.234. The van der Waals surface area contributed by atoms with Crippen molar-refractivity contribution in [1.29, 1.82) is 0 Å². The van der Waals surface area contributed by atoms with E-state index in [0.29, 0.717) is 6.07 Å². The summed E-state index contributed by atoms with van der Waals surface area (Å²) in [4.78, 5) is 8.58. The van der Waals surface area contributed by atoms with Crippen LogP contribution in [0, 0.1) is 10.1 Å². The van der Waals surface area contributed by atoms with Gasteiger partial charge >= 0.3 is 51.4 Å². The largest absolute Gasteiger partial charge is 1.00 e. The molecule has 1 aromatic carbocycles. The van der Waals surface area contributed by atoms with Crippen LogP contribution in [0.1, 0.15) is 0 Å². The number of nitro groups is 1. The van der Waals surface area contributed by atoms with Crippen molar-refractivity contribution in [1.82, 2.24) is 0 Å². The molecule has 0 aliphatic carbocycles. The maximum atomic E-state index is 10.8. The van der Waals surface area contributed by atoms with Crippen LogP contribution in [0.2, 0.25) is 0 Å². The molecule has 1 rings (SSSR count). The number of hydrogen-bond donors (Lipinski definition) is 1. The quantitative estimate of drug-likeness (QED) is 0.207. The van der Waals surface area contributed by atoms with E-state index in [4.69, 9.17) is 5.73 Å². The van der Waals surface area contributed by atoms with Gasteiger partial charge in [-0.2, -0.15) is 0 Å². The Morgan fingerprint density at radius 3 is 2.29 bits per heavy atom. The van der Waals surface area contributed by atoms with Crippen molar-refractivity contribution < 1.29 is 74.0 Å². The van der Waals surface area contributed by atoms with Crippen LogP contribution >= 0.6 is 0 Å². The molecule has 0 amide bonds. The fraction of sp³-hybridized carbons (Fsp3) is 0.143. The normalized spacial score (nSPS) is 10.5. The summed E-state index contributed by atoms with van der Waals surface area (Å²) in [6.07, 6.45) is 0. The van der Waals surface area contributed by atoms with Crippen LogP contribution in [0.5, 0.6) is 5.75 Å². The number of rotatable bonds is 3. The fourth-order valence-corrected chi connectivity index (χ4v) is 1.75. The third kappa shape index (κ3) is 3.88. The van der Waals surface area contributed by atoms with E-state index in [0.717, 1.165) is 6.07 Å². The monoisotopic (exact) mass is 286 g/mol. The molecule has 2 N–H and O–H groups in total. The zero-order chi connectivity index (χ0) is 12.5. The van der Waals surface area contributed by atoms with Crippen molar-refractivity contribution in [2.45, 2.75) is 4.90 Å². The number of benzene rings is 1. The molecule has 0 saturated heterocycles. The van der Waals surface area contributed by atoms with Crippen LogP contribution in [-0.4, -0.2) is 25.0 Å². The van der Waals surface area contributed by atoms with Crippen molar-refractivity contribution in [2.75, 3.05) is 12.8 Å². The van der Waals surface area contributed by atoms with Crippen LogP contribution in [-0.2, 0) is 10.1 Å². The molecule has 1 aromatic rings. The van der Waals surface area contributed by atoms with Gasteiger partial charge in [-0.1, -0.05) is 0 Å². The standard InChI is InChI=1S/C7H8N2O6S.K/c1-15-6-3-5(9(10)11)7(2-4(6)8)16(12,13)14;/h2-3H,8H2,1H3,(H,12,13,14);/q;+1/p-1. The van der Waals surface area contributed by atoms with Gasteiger partial charge in [0, 0.05) is 0 Å². The Bertz CT molecular complexity index is 544. The molecular weight excluding hydrogens is 279 g/mol. The molecule has 0 aliphatic heterocycles. The van der Waals surface area contributed by atoms with Crippen molar-refractivity contribution in [3.05, 3.63) is 22.2 Å². The molecule has 10 heteroatoms. The van der Waals surface area contributed by atoms with Crippen LogP contribution in [0.25, 0.3) is 0 Å². The fourth-order valence-electron chi connectivity index (χ4n) is 1.08. The second kappa shape index (κ2) is 6.09. The van der Waals surface area contributed by atoms with Gasteiger partial charge in [0.1, 0.15) is 20.8 Å². The number of hydrogen-bond acceptors (Lipinski definition) is 7. The van der Waals surface area contributed by atoms with Gasteiger partial charge in [-0.3, -0.25) is 10.1 Å². The van der Waals surface area contributed by atoms with E-state index in [1.165, 1.54) is 7.11 Å². The summed E-state index contributed by atoms with van der Waals surface area (Å²) < 4.78 is 36.9. The molecular formula is C7H7KN2O6S. The van der Waals surface area contributed by atoms with Crippen LogP contribution in [0.3, 0.4) is 0 Å². The maximum Gasteiger partial charge on any atom is 1.00 e.